The molecule has 164 valence electrons. The van der Waals surface area contributed by atoms with Crippen LogP contribution in [0.4, 0.5) is 0 Å². The van der Waals surface area contributed by atoms with Gasteiger partial charge >= 0.3 is 0 Å². The molecule has 4 rings (SSSR count). The molecule has 0 aliphatic heterocycles. The Morgan fingerprint density at radius 1 is 0.938 bits per heavy atom. The number of sulfonamides is 1. The molecule has 4 N–H and O–H groups in total. The number of aromatic nitrogens is 1. The van der Waals surface area contributed by atoms with E-state index in [0.717, 1.165) is 0 Å². The van der Waals surface area contributed by atoms with Gasteiger partial charge in [0.25, 0.3) is 0 Å². The minimum Gasteiger partial charge on any atom is -0.496 e. The minimum atomic E-state index is -3.93. The van der Waals surface area contributed by atoms with Gasteiger partial charge in [-0.25, -0.2) is 13.6 Å². The molecule has 10 heteroatoms. The fourth-order valence-electron chi connectivity index (χ4n) is 3.41. The summed E-state index contributed by atoms with van der Waals surface area (Å²) in [6.07, 6.45) is 1.57. The first-order chi connectivity index (χ1) is 15.2. The maximum Gasteiger partial charge on any atom is 0.248 e. The lowest BCUT2D eigenvalue weighted by atomic mass is 10.0. The second-order valence-corrected chi connectivity index (χ2v) is 8.43. The van der Waals surface area contributed by atoms with Crippen LogP contribution in [0.5, 0.6) is 11.5 Å². The van der Waals surface area contributed by atoms with Gasteiger partial charge in [-0.1, -0.05) is 0 Å². The summed E-state index contributed by atoms with van der Waals surface area (Å²) in [7, 11) is -0.961. The third kappa shape index (κ3) is 3.77. The van der Waals surface area contributed by atoms with Crippen molar-refractivity contribution in [3.63, 3.8) is 0 Å². The Morgan fingerprint density at radius 3 is 2.28 bits per heavy atom. The van der Waals surface area contributed by atoms with Crippen LogP contribution < -0.4 is 20.3 Å². The van der Waals surface area contributed by atoms with Crippen molar-refractivity contribution >= 4 is 27.0 Å². The topological polar surface area (TPSA) is 148 Å². The third-order valence-corrected chi connectivity index (χ3v) is 5.86. The van der Waals surface area contributed by atoms with Crippen LogP contribution in [0.1, 0.15) is 10.4 Å². The fourth-order valence-corrected chi connectivity index (χ4v) is 3.95. The normalized spacial score (nSPS) is 11.5. The summed E-state index contributed by atoms with van der Waals surface area (Å²) in [6.45, 7) is 0. The molecular weight excluding hydrogens is 434 g/mol. The van der Waals surface area contributed by atoms with Gasteiger partial charge in [-0.3, -0.25) is 9.78 Å². The first kappa shape index (κ1) is 21.3. The number of carbonyl (C=O) groups excluding carboxylic acids is 1. The van der Waals surface area contributed by atoms with Crippen molar-refractivity contribution in [2.45, 2.75) is 4.90 Å². The molecule has 0 radical (unpaired) electrons. The average Bonchev–Trinajstić information content (AvgIpc) is 3.21. The monoisotopic (exact) mass is 453 g/mol. The van der Waals surface area contributed by atoms with Gasteiger partial charge in [0.05, 0.1) is 24.7 Å². The molecule has 0 fully saturated rings. The molecule has 4 aromatic rings. The lowest BCUT2D eigenvalue weighted by Crippen LogP contribution is -2.12. The molecule has 2 aromatic carbocycles. The Hall–Kier alpha value is -3.89. The number of nitrogens with two attached hydrogens (primary N) is 2. The minimum absolute atomic E-state index is 0.0686. The van der Waals surface area contributed by atoms with Crippen molar-refractivity contribution in [1.29, 1.82) is 0 Å². The zero-order chi connectivity index (χ0) is 23.0. The number of amides is 1. The van der Waals surface area contributed by atoms with Crippen LogP contribution in [0, 0.1) is 0 Å². The van der Waals surface area contributed by atoms with Gasteiger partial charge in [-0.15, -0.1) is 0 Å². The van der Waals surface area contributed by atoms with E-state index in [9.17, 15) is 13.2 Å². The summed E-state index contributed by atoms with van der Waals surface area (Å²) in [5, 5.41) is 5.30. The molecule has 32 heavy (non-hydrogen) atoms. The van der Waals surface area contributed by atoms with Gasteiger partial charge in [-0.05, 0) is 42.5 Å². The number of ether oxygens (including phenoxy) is 2. The highest BCUT2D eigenvalue weighted by molar-refractivity contribution is 7.89. The van der Waals surface area contributed by atoms with Crippen LogP contribution in [0.25, 0.3) is 33.6 Å². The summed E-state index contributed by atoms with van der Waals surface area (Å²) in [5.41, 5.74) is 8.12. The van der Waals surface area contributed by atoms with E-state index in [-0.39, 0.29) is 10.5 Å². The first-order valence-electron chi connectivity index (χ1n) is 9.31. The van der Waals surface area contributed by atoms with Crippen LogP contribution >= 0.6 is 0 Å². The summed E-state index contributed by atoms with van der Waals surface area (Å²) < 4.78 is 40.7. The van der Waals surface area contributed by atoms with Crippen LogP contribution in [-0.2, 0) is 10.0 Å². The van der Waals surface area contributed by atoms with Gasteiger partial charge in [0.2, 0.25) is 15.9 Å². The predicted octanol–water partition coefficient (Wildman–Crippen LogP) is 2.93. The SMILES string of the molecule is COc1ccc(C(N)=O)cc1-c1cc2nccc(-c3cc(S(N)(=O)=O)ccc3OC)c2o1. The number of fused-ring (bicyclic) bond motifs is 1. The zero-order valence-electron chi connectivity index (χ0n) is 17.2. The second kappa shape index (κ2) is 7.98. The maximum atomic E-state index is 11.9. The van der Waals surface area contributed by atoms with Gasteiger partial charge in [0.15, 0.2) is 5.58 Å². The van der Waals surface area contributed by atoms with E-state index in [4.69, 9.17) is 24.8 Å². The number of primary sulfonamides is 1. The maximum absolute atomic E-state index is 11.9. The van der Waals surface area contributed by atoms with Crippen molar-refractivity contribution in [2.75, 3.05) is 14.2 Å². The van der Waals surface area contributed by atoms with Crippen molar-refractivity contribution in [1.82, 2.24) is 4.98 Å². The fraction of sp³-hybridized carbons (Fsp3) is 0.0909. The number of furan rings is 1. The summed E-state index contributed by atoms with van der Waals surface area (Å²) in [4.78, 5) is 15.9. The number of pyridine rings is 1. The lowest BCUT2D eigenvalue weighted by Gasteiger charge is -2.11. The molecule has 2 heterocycles. The number of carbonyl (C=O) groups is 1. The molecule has 0 saturated heterocycles. The number of primary amides is 1. The van der Waals surface area contributed by atoms with E-state index >= 15 is 0 Å². The summed E-state index contributed by atoms with van der Waals surface area (Å²) in [5.74, 6) is 0.704. The van der Waals surface area contributed by atoms with E-state index < -0.39 is 15.9 Å². The Bertz CT molecular complexity index is 1460. The van der Waals surface area contributed by atoms with E-state index in [2.05, 4.69) is 4.98 Å². The highest BCUT2D eigenvalue weighted by Gasteiger charge is 2.20. The van der Waals surface area contributed by atoms with Gasteiger partial charge in [-0.2, -0.15) is 0 Å². The Kier molecular flexibility index (Phi) is 5.33. The zero-order valence-corrected chi connectivity index (χ0v) is 18.0. The number of hydrogen-bond acceptors (Lipinski definition) is 7. The molecule has 2 aromatic heterocycles. The average molecular weight is 453 g/mol. The smallest absolute Gasteiger partial charge is 0.248 e. The Labute approximate surface area is 183 Å². The van der Waals surface area contributed by atoms with Crippen LogP contribution in [0.2, 0.25) is 0 Å². The first-order valence-corrected chi connectivity index (χ1v) is 10.9. The van der Waals surface area contributed by atoms with Gasteiger partial charge in [0.1, 0.15) is 22.8 Å². The molecule has 0 saturated carbocycles. The summed E-state index contributed by atoms with van der Waals surface area (Å²) >= 11 is 0. The number of rotatable bonds is 6. The van der Waals surface area contributed by atoms with Crippen molar-refractivity contribution in [3.8, 4) is 33.9 Å². The largest absolute Gasteiger partial charge is 0.496 e. The molecule has 0 atom stereocenters. The van der Waals surface area contributed by atoms with E-state index in [1.807, 2.05) is 0 Å². The van der Waals surface area contributed by atoms with Crippen molar-refractivity contribution in [3.05, 3.63) is 60.3 Å². The summed E-state index contributed by atoms with van der Waals surface area (Å²) in [6, 6.07) is 12.4. The molecule has 0 aliphatic carbocycles. The highest BCUT2D eigenvalue weighted by Crippen LogP contribution is 2.40. The molecule has 0 unspecified atom stereocenters. The number of nitrogens with zero attached hydrogens (tertiary/aromatic N) is 1. The third-order valence-electron chi connectivity index (χ3n) is 4.95. The lowest BCUT2D eigenvalue weighted by molar-refractivity contribution is 0.100. The number of methoxy groups -OCH3 is 2. The van der Waals surface area contributed by atoms with Crippen LogP contribution in [0.15, 0.2) is 64.0 Å². The molecule has 1 amide bonds. The van der Waals surface area contributed by atoms with Gasteiger partial charge < -0.3 is 19.6 Å². The molecule has 0 bridgehead atoms. The number of hydrogen-bond donors (Lipinski definition) is 2. The van der Waals surface area contributed by atoms with E-state index in [1.54, 1.807) is 36.5 Å². The molecule has 0 aliphatic rings. The van der Waals surface area contributed by atoms with E-state index in [1.165, 1.54) is 32.4 Å². The quantitative estimate of drug-likeness (QED) is 0.456. The van der Waals surface area contributed by atoms with Crippen molar-refractivity contribution in [2.24, 2.45) is 10.9 Å². The molecule has 0 spiro atoms. The molecule has 9 nitrogen and oxygen atoms in total. The highest BCUT2D eigenvalue weighted by atomic mass is 32.2. The second-order valence-electron chi connectivity index (χ2n) is 6.87. The van der Waals surface area contributed by atoms with E-state index in [0.29, 0.717) is 45.0 Å². The van der Waals surface area contributed by atoms with Crippen molar-refractivity contribution < 1.29 is 27.1 Å². The Balaban J connectivity index is 1.96. The van der Waals surface area contributed by atoms with Gasteiger partial charge in [0, 0.05) is 29.0 Å². The van der Waals surface area contributed by atoms with Crippen LogP contribution in [0.3, 0.4) is 0 Å². The molecular formula is C22H19N3O6S. The number of benzene rings is 2. The van der Waals surface area contributed by atoms with Crippen LogP contribution in [-0.4, -0.2) is 33.5 Å². The standard InChI is InChI=1S/C22H19N3O6S/c1-29-18-6-4-13(32(24,27)28)10-15(18)14-7-8-25-17-11-20(31-21(14)17)16-9-12(22(23)26)3-5-19(16)30-2/h3-11H,1-2H3,(H2,23,26)(H2,24,27,28). The predicted molar refractivity (Wildman–Crippen MR) is 118 cm³/mol. The Morgan fingerprint density at radius 2 is 1.62 bits per heavy atom.